The fraction of sp³-hybridized carbons (Fsp3) is 0.927. The van der Waals surface area contributed by atoms with Crippen LogP contribution in [0.15, 0.2) is 12.2 Å². The summed E-state index contributed by atoms with van der Waals surface area (Å²) in [5.74, 6) is -0.116. The monoisotopic (exact) mass is 862 g/mol. The van der Waals surface area contributed by atoms with Crippen LogP contribution in [-0.2, 0) is 14.3 Å². The summed E-state index contributed by atoms with van der Waals surface area (Å²) in [6.07, 6.45) is 59.3. The summed E-state index contributed by atoms with van der Waals surface area (Å²) in [5.41, 5.74) is 0. The lowest BCUT2D eigenvalue weighted by atomic mass is 10.0. The molecule has 0 aromatic heterocycles. The first kappa shape index (κ1) is 59.6. The van der Waals surface area contributed by atoms with Crippen LogP contribution in [0.4, 0.5) is 0 Å². The van der Waals surface area contributed by atoms with Crippen LogP contribution in [0.5, 0.6) is 0 Å². The van der Waals surface area contributed by atoms with E-state index in [2.05, 4.69) is 19.2 Å². The topological polar surface area (TPSA) is 95.9 Å². The van der Waals surface area contributed by atoms with Crippen molar-refractivity contribution in [1.29, 1.82) is 0 Å². The molecule has 1 amide bonds. The molecule has 0 fully saturated rings. The lowest BCUT2D eigenvalue weighted by molar-refractivity contribution is -0.143. The van der Waals surface area contributed by atoms with Crippen LogP contribution < -0.4 is 5.32 Å². The summed E-state index contributed by atoms with van der Waals surface area (Å²) >= 11 is 0. The van der Waals surface area contributed by atoms with E-state index >= 15 is 0 Å². The molecular weight excluding hydrogens is 755 g/mol. The van der Waals surface area contributed by atoms with E-state index in [1.54, 1.807) is 6.08 Å². The molecule has 2 unspecified atom stereocenters. The summed E-state index contributed by atoms with van der Waals surface area (Å²) in [7, 11) is 0. The minimum atomic E-state index is -0.861. The minimum absolute atomic E-state index is 0.0242. The van der Waals surface area contributed by atoms with Crippen LogP contribution in [0, 0.1) is 0 Å². The molecule has 0 radical (unpaired) electrons. The fourth-order valence-electron chi connectivity index (χ4n) is 8.58. The molecule has 2 atom stereocenters. The van der Waals surface area contributed by atoms with Crippen molar-refractivity contribution >= 4 is 11.9 Å². The number of ether oxygens (including phenoxy) is 1. The first-order valence-corrected chi connectivity index (χ1v) is 27.5. The lowest BCUT2D eigenvalue weighted by Gasteiger charge is -2.20. The van der Waals surface area contributed by atoms with Crippen molar-refractivity contribution in [3.05, 3.63) is 12.2 Å². The van der Waals surface area contributed by atoms with Crippen molar-refractivity contribution in [1.82, 2.24) is 5.32 Å². The molecule has 0 bridgehead atoms. The summed E-state index contributed by atoms with van der Waals surface area (Å²) in [6, 6.07) is -0.647. The predicted octanol–water partition coefficient (Wildman–Crippen LogP) is 16.5. The SMILES string of the molecule is CCCCCCCCCCCCCCCCCCCCC/C=C/C(O)C(CO)NC(=O)CCCCCCCCCCCOC(=O)CCCCCCCCCCCCCCCC. The number of rotatable bonds is 51. The highest BCUT2D eigenvalue weighted by Crippen LogP contribution is 2.17. The number of carbonyl (C=O) groups excluding carboxylic acids is 2. The molecule has 0 spiro atoms. The van der Waals surface area contributed by atoms with Gasteiger partial charge in [0.25, 0.3) is 0 Å². The quantitative estimate of drug-likeness (QED) is 0.0322. The first-order chi connectivity index (χ1) is 30.0. The maximum Gasteiger partial charge on any atom is 0.305 e. The molecule has 6 heteroatoms. The maximum atomic E-state index is 12.5. The molecule has 61 heavy (non-hydrogen) atoms. The molecule has 362 valence electrons. The smallest absolute Gasteiger partial charge is 0.305 e. The van der Waals surface area contributed by atoms with Crippen LogP contribution in [0.3, 0.4) is 0 Å². The number of hydrogen-bond donors (Lipinski definition) is 3. The number of carbonyl (C=O) groups is 2. The van der Waals surface area contributed by atoms with Gasteiger partial charge in [-0.15, -0.1) is 0 Å². The van der Waals surface area contributed by atoms with E-state index in [9.17, 15) is 19.8 Å². The van der Waals surface area contributed by atoms with E-state index in [4.69, 9.17) is 4.74 Å². The highest BCUT2D eigenvalue weighted by Gasteiger charge is 2.18. The first-order valence-electron chi connectivity index (χ1n) is 27.5. The number of amides is 1. The van der Waals surface area contributed by atoms with Gasteiger partial charge in [0.1, 0.15) is 0 Å². The third-order valence-electron chi connectivity index (χ3n) is 12.8. The number of esters is 1. The Kier molecular flexibility index (Phi) is 50.1. The zero-order valence-corrected chi connectivity index (χ0v) is 41.2. The van der Waals surface area contributed by atoms with Gasteiger partial charge in [0, 0.05) is 12.8 Å². The Morgan fingerprint density at radius 3 is 1.11 bits per heavy atom. The highest BCUT2D eigenvalue weighted by atomic mass is 16.5. The van der Waals surface area contributed by atoms with Gasteiger partial charge in [-0.25, -0.2) is 0 Å². The number of allylic oxidation sites excluding steroid dienone is 1. The van der Waals surface area contributed by atoms with Crippen molar-refractivity contribution in [2.45, 2.75) is 315 Å². The maximum absolute atomic E-state index is 12.5. The molecule has 0 heterocycles. The largest absolute Gasteiger partial charge is 0.466 e. The third-order valence-corrected chi connectivity index (χ3v) is 12.8. The molecule has 0 aliphatic rings. The molecule has 6 nitrogen and oxygen atoms in total. The van der Waals surface area contributed by atoms with Gasteiger partial charge in [-0.1, -0.05) is 270 Å². The van der Waals surface area contributed by atoms with Gasteiger partial charge in [-0.2, -0.15) is 0 Å². The Bertz CT molecular complexity index is 909. The molecule has 0 aliphatic carbocycles. The second kappa shape index (κ2) is 51.2. The minimum Gasteiger partial charge on any atom is -0.466 e. The molecule has 3 N–H and O–H groups in total. The normalized spacial score (nSPS) is 12.7. The Morgan fingerprint density at radius 2 is 0.754 bits per heavy atom. The molecule has 0 aromatic carbocycles. The molecular formula is C55H107NO5. The van der Waals surface area contributed by atoms with E-state index in [1.165, 1.54) is 218 Å². The fourth-order valence-corrected chi connectivity index (χ4v) is 8.58. The van der Waals surface area contributed by atoms with Crippen LogP contribution in [0.1, 0.15) is 303 Å². The number of nitrogens with one attached hydrogen (secondary N) is 1. The molecule has 0 saturated carbocycles. The lowest BCUT2D eigenvalue weighted by Crippen LogP contribution is -2.45. The second-order valence-electron chi connectivity index (χ2n) is 18.9. The van der Waals surface area contributed by atoms with Crippen LogP contribution in [0.25, 0.3) is 0 Å². The van der Waals surface area contributed by atoms with Crippen molar-refractivity contribution in [3.8, 4) is 0 Å². The average molecular weight is 862 g/mol. The van der Waals surface area contributed by atoms with E-state index in [-0.39, 0.29) is 18.5 Å². The summed E-state index contributed by atoms with van der Waals surface area (Å²) in [5, 5.41) is 23.1. The Morgan fingerprint density at radius 1 is 0.443 bits per heavy atom. The second-order valence-corrected chi connectivity index (χ2v) is 18.9. The number of aliphatic hydroxyl groups is 2. The predicted molar refractivity (Wildman–Crippen MR) is 264 cm³/mol. The standard InChI is InChI=1S/C55H107NO5/c1-3-5-7-9-11-13-15-17-19-20-21-22-23-24-25-26-28-31-35-39-43-47-53(58)52(51-57)56-54(59)48-44-40-36-32-30-34-38-42-46-50-61-55(60)49-45-41-37-33-29-27-18-16-14-12-10-8-6-4-2/h43,47,52-53,57-58H,3-42,44-46,48-51H2,1-2H3,(H,56,59)/b47-43+. The molecule has 0 aliphatic heterocycles. The van der Waals surface area contributed by atoms with Crippen LogP contribution in [-0.4, -0.2) is 47.4 Å². The van der Waals surface area contributed by atoms with Crippen molar-refractivity contribution in [3.63, 3.8) is 0 Å². The van der Waals surface area contributed by atoms with Gasteiger partial charge in [-0.05, 0) is 32.1 Å². The van der Waals surface area contributed by atoms with Gasteiger partial charge in [0.15, 0.2) is 0 Å². The molecule has 0 saturated heterocycles. The van der Waals surface area contributed by atoms with Gasteiger partial charge >= 0.3 is 5.97 Å². The van der Waals surface area contributed by atoms with Crippen molar-refractivity contribution in [2.24, 2.45) is 0 Å². The van der Waals surface area contributed by atoms with Crippen molar-refractivity contribution < 1.29 is 24.5 Å². The van der Waals surface area contributed by atoms with Crippen LogP contribution in [0.2, 0.25) is 0 Å². The summed E-state index contributed by atoms with van der Waals surface area (Å²) in [4.78, 5) is 24.5. The highest BCUT2D eigenvalue weighted by molar-refractivity contribution is 5.76. The number of hydrogen-bond acceptors (Lipinski definition) is 5. The van der Waals surface area contributed by atoms with Crippen molar-refractivity contribution in [2.75, 3.05) is 13.2 Å². The Balaban J connectivity index is 3.51. The third kappa shape index (κ3) is 47.9. The number of unbranched alkanes of at least 4 members (excludes halogenated alkanes) is 40. The molecule has 0 rings (SSSR count). The van der Waals surface area contributed by atoms with E-state index < -0.39 is 12.1 Å². The van der Waals surface area contributed by atoms with E-state index in [0.29, 0.717) is 19.4 Å². The Hall–Kier alpha value is -1.40. The summed E-state index contributed by atoms with van der Waals surface area (Å²) in [6.45, 7) is 4.86. The summed E-state index contributed by atoms with van der Waals surface area (Å²) < 4.78 is 5.45. The number of aliphatic hydroxyl groups excluding tert-OH is 2. The Labute approximate surface area is 380 Å². The van der Waals surface area contributed by atoms with E-state index in [1.807, 2.05) is 6.08 Å². The molecule has 0 aromatic rings. The zero-order valence-electron chi connectivity index (χ0n) is 41.2. The van der Waals surface area contributed by atoms with Gasteiger partial charge in [0.05, 0.1) is 25.4 Å². The van der Waals surface area contributed by atoms with Gasteiger partial charge in [0.2, 0.25) is 5.91 Å². The average Bonchev–Trinajstić information content (AvgIpc) is 3.26. The van der Waals surface area contributed by atoms with Gasteiger partial charge < -0.3 is 20.3 Å². The van der Waals surface area contributed by atoms with Gasteiger partial charge in [-0.3, -0.25) is 9.59 Å². The van der Waals surface area contributed by atoms with E-state index in [0.717, 1.165) is 57.8 Å². The zero-order chi connectivity index (χ0) is 44.4. The van der Waals surface area contributed by atoms with Crippen LogP contribution >= 0.6 is 0 Å².